The third kappa shape index (κ3) is 4.08. The highest BCUT2D eigenvalue weighted by molar-refractivity contribution is 6.05. The fourth-order valence-electron chi connectivity index (χ4n) is 4.80. The summed E-state index contributed by atoms with van der Waals surface area (Å²) in [6.07, 6.45) is 10.7. The predicted molar refractivity (Wildman–Crippen MR) is 139 cm³/mol. The minimum Gasteiger partial charge on any atom is -0.330 e. The van der Waals surface area contributed by atoms with Crippen LogP contribution in [0.25, 0.3) is 0 Å². The maximum atomic E-state index is 12.8. The summed E-state index contributed by atoms with van der Waals surface area (Å²) in [6, 6.07) is 10.7. The fourth-order valence-corrected chi connectivity index (χ4v) is 4.80. The van der Waals surface area contributed by atoms with E-state index in [1.165, 1.54) is 6.08 Å². The molecule has 36 heavy (non-hydrogen) atoms. The number of nitrogens with two attached hydrogens (primary N) is 1. The minimum atomic E-state index is -0.249. The highest BCUT2D eigenvalue weighted by Gasteiger charge is 2.47. The number of hydrogen-bond acceptors (Lipinski definition) is 6. The van der Waals surface area contributed by atoms with E-state index in [0.29, 0.717) is 23.8 Å². The summed E-state index contributed by atoms with van der Waals surface area (Å²) in [4.78, 5) is 40.5. The molecule has 0 bridgehead atoms. The summed E-state index contributed by atoms with van der Waals surface area (Å²) in [5, 5.41) is 2.85. The lowest BCUT2D eigenvalue weighted by atomic mass is 10.1. The highest BCUT2D eigenvalue weighted by Crippen LogP contribution is 2.37. The molecule has 1 aromatic heterocycles. The topological polar surface area (TPSA) is 113 Å². The number of aryl methyl sites for hydroxylation is 1. The van der Waals surface area contributed by atoms with Crippen molar-refractivity contribution in [3.05, 3.63) is 95.7 Å². The second-order valence-electron chi connectivity index (χ2n) is 8.89. The standard InChI is InChI=1S/C27H27N7O2/c1-3-18-11-12-30-23(16-18)31-27(36)20-9-7-19(8-10-20)26-32-25(22-17-29-13-15-34(22,26)28)21-6-5-14-33(21)24(35)4-2/h4,7-13,15-17,21H,2-3,5-6,14,28H2,1H3/p+1. The van der Waals surface area contributed by atoms with E-state index < -0.39 is 0 Å². The molecule has 9 nitrogen and oxygen atoms in total. The van der Waals surface area contributed by atoms with Crippen molar-refractivity contribution in [1.82, 2.24) is 9.88 Å². The molecule has 0 spiro atoms. The molecule has 2 amide bonds. The summed E-state index contributed by atoms with van der Waals surface area (Å²) in [7, 11) is 0. The van der Waals surface area contributed by atoms with E-state index in [1.54, 1.807) is 41.8 Å². The van der Waals surface area contributed by atoms with Gasteiger partial charge in [-0.2, -0.15) is 10.8 Å². The number of likely N-dealkylation sites (tertiary alicyclic amines) is 1. The van der Waals surface area contributed by atoms with Gasteiger partial charge in [-0.1, -0.05) is 13.5 Å². The molecule has 2 unspecified atom stereocenters. The first-order valence-corrected chi connectivity index (χ1v) is 12.0. The van der Waals surface area contributed by atoms with Crippen molar-refractivity contribution >= 4 is 29.7 Å². The molecule has 4 heterocycles. The first-order chi connectivity index (χ1) is 17.4. The molecule has 3 aliphatic rings. The Morgan fingerprint density at radius 2 is 2.08 bits per heavy atom. The first-order valence-electron chi connectivity index (χ1n) is 12.0. The molecular formula is C27H28N7O2+. The van der Waals surface area contributed by atoms with Crippen molar-refractivity contribution < 1.29 is 14.2 Å². The van der Waals surface area contributed by atoms with Gasteiger partial charge in [0.05, 0.1) is 24.0 Å². The number of quaternary nitrogens is 1. The van der Waals surface area contributed by atoms with E-state index in [9.17, 15) is 9.59 Å². The van der Waals surface area contributed by atoms with Crippen LogP contribution in [0.15, 0.2) is 89.0 Å². The third-order valence-corrected chi connectivity index (χ3v) is 6.73. The molecule has 3 aliphatic heterocycles. The summed E-state index contributed by atoms with van der Waals surface area (Å²) >= 11 is 0. The van der Waals surface area contributed by atoms with Gasteiger partial charge in [0, 0.05) is 18.3 Å². The number of nitrogens with one attached hydrogen (secondary N) is 1. The van der Waals surface area contributed by atoms with Crippen molar-refractivity contribution in [2.45, 2.75) is 32.2 Å². The van der Waals surface area contributed by atoms with Crippen molar-refractivity contribution in [1.29, 1.82) is 0 Å². The summed E-state index contributed by atoms with van der Waals surface area (Å²) in [6.45, 7) is 6.33. The van der Waals surface area contributed by atoms with Gasteiger partial charge in [0.1, 0.15) is 17.7 Å². The Labute approximate surface area is 209 Å². The number of benzene rings is 1. The van der Waals surface area contributed by atoms with Crippen LogP contribution < -0.4 is 11.2 Å². The number of pyridine rings is 1. The van der Waals surface area contributed by atoms with Gasteiger partial charge < -0.3 is 10.2 Å². The van der Waals surface area contributed by atoms with E-state index in [4.69, 9.17) is 10.8 Å². The van der Waals surface area contributed by atoms with Crippen LogP contribution in [-0.2, 0) is 11.2 Å². The van der Waals surface area contributed by atoms with Gasteiger partial charge in [0.15, 0.2) is 0 Å². The van der Waals surface area contributed by atoms with Crippen LogP contribution in [0.5, 0.6) is 0 Å². The third-order valence-electron chi connectivity index (χ3n) is 6.73. The molecule has 5 rings (SSSR count). The molecule has 1 fully saturated rings. The maximum absolute atomic E-state index is 12.8. The molecular weight excluding hydrogens is 454 g/mol. The maximum Gasteiger partial charge on any atom is 0.264 e. The molecule has 2 atom stereocenters. The first kappa shape index (κ1) is 23.5. The quantitative estimate of drug-likeness (QED) is 0.374. The van der Waals surface area contributed by atoms with Crippen molar-refractivity contribution in [3.8, 4) is 0 Å². The Hall–Kier alpha value is -4.21. The van der Waals surface area contributed by atoms with Crippen LogP contribution in [0, 0.1) is 0 Å². The Bertz CT molecular complexity index is 1360. The summed E-state index contributed by atoms with van der Waals surface area (Å²) in [5.41, 5.74) is 3.82. The van der Waals surface area contributed by atoms with Crippen LogP contribution in [-0.4, -0.2) is 50.9 Å². The van der Waals surface area contributed by atoms with Gasteiger partial charge in [-0.15, -0.1) is 4.59 Å². The lowest BCUT2D eigenvalue weighted by molar-refractivity contribution is -0.750. The number of aliphatic imine (C=N–C) groups is 2. The zero-order valence-electron chi connectivity index (χ0n) is 20.1. The van der Waals surface area contributed by atoms with Crippen LogP contribution in [0.4, 0.5) is 5.82 Å². The molecule has 0 radical (unpaired) electrons. The number of nitrogens with zero attached hydrogens (tertiary/aromatic N) is 5. The summed E-state index contributed by atoms with van der Waals surface area (Å²) < 4.78 is -0.148. The number of allylic oxidation sites excluding steroid dienone is 1. The van der Waals surface area contributed by atoms with Crippen LogP contribution >= 0.6 is 0 Å². The van der Waals surface area contributed by atoms with Crippen molar-refractivity contribution in [2.75, 3.05) is 11.9 Å². The number of carbonyl (C=O) groups is 2. The van der Waals surface area contributed by atoms with Gasteiger partial charge in [-0.05, 0) is 67.3 Å². The second kappa shape index (κ2) is 9.44. The van der Waals surface area contributed by atoms with Crippen LogP contribution in [0.2, 0.25) is 0 Å². The van der Waals surface area contributed by atoms with Gasteiger partial charge in [-0.25, -0.2) is 4.98 Å². The van der Waals surface area contributed by atoms with E-state index in [1.807, 2.05) is 24.3 Å². The molecule has 1 aromatic carbocycles. The fraction of sp³-hybridized carbons (Fsp3) is 0.222. The average Bonchev–Trinajstić information content (AvgIpc) is 3.50. The number of fused-ring (bicyclic) bond motifs is 1. The number of carbonyl (C=O) groups excluding carboxylic acids is 2. The van der Waals surface area contributed by atoms with Gasteiger partial charge in [0.2, 0.25) is 11.6 Å². The second-order valence-corrected chi connectivity index (χ2v) is 8.89. The molecule has 1 saturated heterocycles. The molecule has 3 N–H and O–H groups in total. The Balaban J connectivity index is 1.43. The lowest BCUT2D eigenvalue weighted by Gasteiger charge is -2.27. The van der Waals surface area contributed by atoms with E-state index in [0.717, 1.165) is 41.8 Å². The number of hydrogen-bond donors (Lipinski definition) is 2. The van der Waals surface area contributed by atoms with Gasteiger partial charge >= 0.3 is 0 Å². The van der Waals surface area contributed by atoms with Gasteiger partial charge in [0.25, 0.3) is 11.7 Å². The van der Waals surface area contributed by atoms with Crippen molar-refractivity contribution in [3.63, 3.8) is 0 Å². The zero-order valence-corrected chi connectivity index (χ0v) is 20.1. The van der Waals surface area contributed by atoms with Crippen LogP contribution in [0.1, 0.15) is 41.3 Å². The number of amides is 2. The smallest absolute Gasteiger partial charge is 0.264 e. The Morgan fingerprint density at radius 1 is 1.28 bits per heavy atom. The number of aromatic nitrogens is 1. The molecule has 0 aliphatic carbocycles. The normalized spacial score (nSPS) is 22.4. The predicted octanol–water partition coefficient (Wildman–Crippen LogP) is 3.29. The number of amidine groups is 1. The number of rotatable bonds is 6. The zero-order chi connectivity index (χ0) is 25.3. The van der Waals surface area contributed by atoms with E-state index >= 15 is 0 Å². The molecule has 0 saturated carbocycles. The molecule has 9 heteroatoms. The Kier molecular flexibility index (Phi) is 6.17. The monoisotopic (exact) mass is 482 g/mol. The average molecular weight is 483 g/mol. The van der Waals surface area contributed by atoms with Crippen LogP contribution in [0.3, 0.4) is 0 Å². The van der Waals surface area contributed by atoms with Crippen molar-refractivity contribution in [2.24, 2.45) is 15.8 Å². The van der Waals surface area contributed by atoms with Gasteiger partial charge in [-0.3, -0.25) is 14.6 Å². The molecule has 182 valence electrons. The SMILES string of the molecule is C=CC(=O)N1CCCC1C1=C2C=NC=C[N+]2(N)C(c2ccc(C(=O)Nc3cc(CC)ccn3)cc2)=N1. The largest absolute Gasteiger partial charge is 0.330 e. The van der Waals surface area contributed by atoms with E-state index in [2.05, 4.69) is 28.8 Å². The molecule has 2 aromatic rings. The Morgan fingerprint density at radius 3 is 2.83 bits per heavy atom. The highest BCUT2D eigenvalue weighted by atomic mass is 16.2. The van der Waals surface area contributed by atoms with E-state index in [-0.39, 0.29) is 22.4 Å². The minimum absolute atomic E-state index is 0.123. The number of anilines is 1. The lowest BCUT2D eigenvalue weighted by Crippen LogP contribution is -2.53. The summed E-state index contributed by atoms with van der Waals surface area (Å²) in [5.74, 6) is 7.58.